The first-order chi connectivity index (χ1) is 9.02. The number of allylic oxidation sites excluding steroid dienone is 1. The third-order valence-corrected chi connectivity index (χ3v) is 3.57. The molecule has 0 saturated heterocycles. The predicted octanol–water partition coefficient (Wildman–Crippen LogP) is 4.07. The molecule has 19 heavy (non-hydrogen) atoms. The maximum absolute atomic E-state index is 6.17. The van der Waals surface area contributed by atoms with E-state index < -0.39 is 0 Å². The lowest BCUT2D eigenvalue weighted by molar-refractivity contribution is 0.796. The monoisotopic (exact) mass is 253 g/mol. The van der Waals surface area contributed by atoms with Crippen LogP contribution in [-0.2, 0) is 6.42 Å². The molecule has 0 spiro atoms. The van der Waals surface area contributed by atoms with Crippen molar-refractivity contribution in [1.29, 1.82) is 0 Å². The van der Waals surface area contributed by atoms with Crippen molar-refractivity contribution >= 4 is 0 Å². The van der Waals surface area contributed by atoms with Crippen LogP contribution in [0.15, 0.2) is 24.3 Å². The van der Waals surface area contributed by atoms with E-state index in [-0.39, 0.29) is 6.04 Å². The summed E-state index contributed by atoms with van der Waals surface area (Å²) in [7, 11) is 0. The Morgan fingerprint density at radius 3 is 2.63 bits per heavy atom. The maximum Gasteiger partial charge on any atom is 0.0269 e. The van der Waals surface area contributed by atoms with Gasteiger partial charge in [0.05, 0.1) is 0 Å². The molecule has 1 aliphatic rings. The molecule has 0 heterocycles. The molecule has 1 saturated carbocycles. The zero-order valence-corrected chi connectivity index (χ0v) is 12.2. The first kappa shape index (κ1) is 13.9. The smallest absolute Gasteiger partial charge is 0.0269 e. The summed E-state index contributed by atoms with van der Waals surface area (Å²) in [5, 5.41) is 0. The van der Waals surface area contributed by atoms with E-state index >= 15 is 0 Å². The van der Waals surface area contributed by atoms with E-state index in [9.17, 15) is 0 Å². The van der Waals surface area contributed by atoms with Gasteiger partial charge in [-0.15, -0.1) is 5.92 Å². The van der Waals surface area contributed by atoms with Gasteiger partial charge in [0, 0.05) is 11.6 Å². The van der Waals surface area contributed by atoms with Gasteiger partial charge in [-0.3, -0.25) is 0 Å². The van der Waals surface area contributed by atoms with Crippen molar-refractivity contribution in [3.05, 3.63) is 46.5 Å². The minimum atomic E-state index is 0.0467. The zero-order valence-electron chi connectivity index (χ0n) is 12.2. The highest BCUT2D eigenvalue weighted by atomic mass is 14.6. The van der Waals surface area contributed by atoms with Crippen molar-refractivity contribution in [2.24, 2.45) is 5.73 Å². The number of hydrogen-bond donors (Lipinski definition) is 1. The van der Waals surface area contributed by atoms with Crippen molar-refractivity contribution in [2.45, 2.75) is 52.0 Å². The summed E-state index contributed by atoms with van der Waals surface area (Å²) in [6.07, 6.45) is 3.53. The zero-order chi connectivity index (χ0) is 14.0. The van der Waals surface area contributed by atoms with Crippen LogP contribution in [-0.4, -0.2) is 0 Å². The molecule has 1 nitrogen and oxygen atoms in total. The highest BCUT2D eigenvalue weighted by Gasteiger charge is 2.28. The van der Waals surface area contributed by atoms with Gasteiger partial charge in [0.2, 0.25) is 0 Å². The fraction of sp³-hybridized carbons (Fsp3) is 0.444. The van der Waals surface area contributed by atoms with Crippen LogP contribution in [0.4, 0.5) is 0 Å². The molecule has 0 bridgehead atoms. The van der Waals surface area contributed by atoms with Gasteiger partial charge in [0.15, 0.2) is 0 Å². The van der Waals surface area contributed by atoms with Crippen LogP contribution < -0.4 is 5.73 Å². The van der Waals surface area contributed by atoms with Gasteiger partial charge in [-0.25, -0.2) is 0 Å². The fourth-order valence-corrected chi connectivity index (χ4v) is 2.60. The van der Waals surface area contributed by atoms with Crippen LogP contribution >= 0.6 is 0 Å². The van der Waals surface area contributed by atoms with Crippen molar-refractivity contribution in [3.8, 4) is 11.8 Å². The summed E-state index contributed by atoms with van der Waals surface area (Å²) in [6.45, 7) is 10.1. The molecule has 1 atom stereocenters. The molecule has 2 N–H and O–H groups in total. The van der Waals surface area contributed by atoms with Gasteiger partial charge in [0.1, 0.15) is 0 Å². The van der Waals surface area contributed by atoms with E-state index in [4.69, 9.17) is 5.73 Å². The number of hydrogen-bond acceptors (Lipinski definition) is 1. The lowest BCUT2D eigenvalue weighted by Gasteiger charge is -2.18. The highest BCUT2D eigenvalue weighted by Crippen LogP contribution is 2.44. The maximum atomic E-state index is 6.17. The fourth-order valence-electron chi connectivity index (χ4n) is 2.60. The second kappa shape index (κ2) is 5.63. The first-order valence-corrected chi connectivity index (χ1v) is 7.02. The molecule has 1 aromatic rings. The van der Waals surface area contributed by atoms with Gasteiger partial charge in [0.25, 0.3) is 0 Å². The molecule has 1 heteroatoms. The van der Waals surface area contributed by atoms with Crippen molar-refractivity contribution in [3.63, 3.8) is 0 Å². The van der Waals surface area contributed by atoms with Crippen LogP contribution in [0.1, 0.15) is 67.8 Å². The summed E-state index contributed by atoms with van der Waals surface area (Å²) in [5.41, 5.74) is 12.5. The third-order valence-electron chi connectivity index (χ3n) is 3.57. The van der Waals surface area contributed by atoms with Crippen molar-refractivity contribution < 1.29 is 0 Å². The molecule has 1 aliphatic carbocycles. The van der Waals surface area contributed by atoms with Crippen molar-refractivity contribution in [1.82, 2.24) is 0 Å². The van der Waals surface area contributed by atoms with Crippen LogP contribution in [0, 0.1) is 11.8 Å². The van der Waals surface area contributed by atoms with E-state index in [1.807, 2.05) is 6.92 Å². The van der Waals surface area contributed by atoms with Crippen LogP contribution in [0.25, 0.3) is 0 Å². The summed E-state index contributed by atoms with van der Waals surface area (Å²) in [6, 6.07) is 4.47. The Balaban J connectivity index is 2.58. The molecular formula is C18H23N. The molecule has 100 valence electrons. The molecule has 0 amide bonds. The number of benzene rings is 1. The summed E-state index contributed by atoms with van der Waals surface area (Å²) >= 11 is 0. The molecule has 0 aliphatic heterocycles. The van der Waals surface area contributed by atoms with E-state index in [1.165, 1.54) is 35.1 Å². The highest BCUT2D eigenvalue weighted by molar-refractivity contribution is 5.50. The lowest BCUT2D eigenvalue weighted by Crippen LogP contribution is -2.11. The minimum absolute atomic E-state index is 0.0467. The van der Waals surface area contributed by atoms with Gasteiger partial charge < -0.3 is 5.73 Å². The number of nitrogens with two attached hydrogens (primary N) is 1. The Morgan fingerprint density at radius 2 is 2.16 bits per heavy atom. The van der Waals surface area contributed by atoms with Crippen LogP contribution in [0.5, 0.6) is 0 Å². The topological polar surface area (TPSA) is 26.0 Å². The molecule has 1 unspecified atom stereocenters. The molecule has 1 aromatic carbocycles. The Labute approximate surface area is 116 Å². The predicted molar refractivity (Wildman–Crippen MR) is 82.1 cm³/mol. The van der Waals surface area contributed by atoms with E-state index in [1.54, 1.807) is 0 Å². The van der Waals surface area contributed by atoms with Gasteiger partial charge >= 0.3 is 0 Å². The van der Waals surface area contributed by atoms with E-state index in [0.29, 0.717) is 5.92 Å². The van der Waals surface area contributed by atoms with Gasteiger partial charge in [-0.1, -0.05) is 18.1 Å². The lowest BCUT2D eigenvalue weighted by atomic mass is 9.88. The molecular weight excluding hydrogens is 230 g/mol. The Bertz CT molecular complexity index is 528. The Kier molecular flexibility index (Phi) is 4.12. The Hall–Kier alpha value is -1.52. The molecule has 2 rings (SSSR count). The summed E-state index contributed by atoms with van der Waals surface area (Å²) < 4.78 is 0. The second-order valence-corrected chi connectivity index (χ2v) is 5.71. The van der Waals surface area contributed by atoms with Crippen LogP contribution in [0.3, 0.4) is 0 Å². The Morgan fingerprint density at radius 1 is 1.47 bits per heavy atom. The van der Waals surface area contributed by atoms with Crippen molar-refractivity contribution in [2.75, 3.05) is 0 Å². The minimum Gasteiger partial charge on any atom is -0.324 e. The van der Waals surface area contributed by atoms with Gasteiger partial charge in [-0.05, 0) is 74.8 Å². The molecule has 1 fully saturated rings. The first-order valence-electron chi connectivity index (χ1n) is 7.02. The van der Waals surface area contributed by atoms with Gasteiger partial charge in [-0.2, -0.15) is 0 Å². The SMILES string of the molecule is C=C(C)Cc1c(C(C)N)cc(C#CC)cc1C1CC1. The number of rotatable bonds is 4. The average molecular weight is 253 g/mol. The normalized spacial score (nSPS) is 15.6. The van der Waals surface area contributed by atoms with E-state index in [2.05, 4.69) is 44.4 Å². The molecule has 0 aromatic heterocycles. The molecule has 0 radical (unpaired) electrons. The summed E-state index contributed by atoms with van der Waals surface area (Å²) in [4.78, 5) is 0. The van der Waals surface area contributed by atoms with Crippen LogP contribution in [0.2, 0.25) is 0 Å². The summed E-state index contributed by atoms with van der Waals surface area (Å²) in [5.74, 6) is 6.88. The standard InChI is InChI=1S/C18H23N/c1-5-6-14-10-16(13(4)19)18(9-12(2)3)17(11-14)15-7-8-15/h10-11,13,15H,2,7-9,19H2,1,3-4H3. The quantitative estimate of drug-likeness (QED) is 0.635. The largest absolute Gasteiger partial charge is 0.324 e. The second-order valence-electron chi connectivity index (χ2n) is 5.71. The average Bonchev–Trinajstić information content (AvgIpc) is 3.14. The van der Waals surface area contributed by atoms with E-state index in [0.717, 1.165) is 12.0 Å². The third kappa shape index (κ3) is 3.28.